The van der Waals surface area contributed by atoms with Gasteiger partial charge in [0.15, 0.2) is 0 Å². The number of hydrogen-bond donors (Lipinski definition) is 1. The number of rotatable bonds is 6. The van der Waals surface area contributed by atoms with E-state index in [0.29, 0.717) is 6.10 Å². The van der Waals surface area contributed by atoms with Gasteiger partial charge in [0.05, 0.1) is 6.10 Å². The highest BCUT2D eigenvalue weighted by molar-refractivity contribution is 5.46. The lowest BCUT2D eigenvalue weighted by molar-refractivity contribution is 0.116. The molecule has 19 heavy (non-hydrogen) atoms. The van der Waals surface area contributed by atoms with Crippen molar-refractivity contribution in [2.45, 2.75) is 39.3 Å². The summed E-state index contributed by atoms with van der Waals surface area (Å²) in [6.07, 6.45) is 4.69. The molecule has 0 saturated carbocycles. The fourth-order valence-electron chi connectivity index (χ4n) is 2.57. The van der Waals surface area contributed by atoms with Crippen molar-refractivity contribution in [1.82, 2.24) is 10.3 Å². The first kappa shape index (κ1) is 14.3. The molecule has 1 aromatic rings. The predicted molar refractivity (Wildman–Crippen MR) is 78.6 cm³/mol. The van der Waals surface area contributed by atoms with E-state index < -0.39 is 0 Å². The first-order valence-electron chi connectivity index (χ1n) is 7.19. The maximum atomic E-state index is 5.68. The van der Waals surface area contributed by atoms with Crippen molar-refractivity contribution in [2.24, 2.45) is 0 Å². The van der Waals surface area contributed by atoms with Gasteiger partial charge in [-0.1, -0.05) is 6.92 Å². The number of ether oxygens (including phenoxy) is 1. The van der Waals surface area contributed by atoms with Crippen LogP contribution in [0.4, 0.5) is 5.82 Å². The Bertz CT molecular complexity index is 402. The van der Waals surface area contributed by atoms with E-state index in [1.807, 2.05) is 6.20 Å². The fraction of sp³-hybridized carbons (Fsp3) is 0.667. The molecule has 1 fully saturated rings. The van der Waals surface area contributed by atoms with Crippen LogP contribution in [0.15, 0.2) is 12.3 Å². The van der Waals surface area contributed by atoms with Crippen molar-refractivity contribution in [3.05, 3.63) is 23.4 Å². The average Bonchev–Trinajstić information content (AvgIpc) is 2.89. The first-order chi connectivity index (χ1) is 9.20. The minimum absolute atomic E-state index is 0.368. The van der Waals surface area contributed by atoms with Gasteiger partial charge in [-0.15, -0.1) is 0 Å². The van der Waals surface area contributed by atoms with Crippen LogP contribution < -0.4 is 10.2 Å². The summed E-state index contributed by atoms with van der Waals surface area (Å²) in [7, 11) is 2.10. The summed E-state index contributed by atoms with van der Waals surface area (Å²) in [5, 5.41) is 3.33. The molecule has 4 heteroatoms. The normalized spacial score (nSPS) is 18.8. The van der Waals surface area contributed by atoms with Gasteiger partial charge in [0.1, 0.15) is 5.82 Å². The van der Waals surface area contributed by atoms with Gasteiger partial charge in [0, 0.05) is 32.9 Å². The third-order valence-corrected chi connectivity index (χ3v) is 3.55. The standard InChI is InChI=1S/C15H25N3O/c1-4-16-9-13-8-12(2)15(17-10-13)18(3)11-14-6-5-7-19-14/h8,10,14,16H,4-7,9,11H2,1-3H3. The highest BCUT2D eigenvalue weighted by atomic mass is 16.5. The van der Waals surface area contributed by atoms with Crippen LogP contribution in [0.2, 0.25) is 0 Å². The molecule has 2 heterocycles. The van der Waals surface area contributed by atoms with E-state index in [2.05, 4.69) is 42.2 Å². The Hall–Kier alpha value is -1.13. The Labute approximate surface area is 116 Å². The lowest BCUT2D eigenvalue weighted by atomic mass is 10.2. The van der Waals surface area contributed by atoms with E-state index in [4.69, 9.17) is 4.74 Å². The highest BCUT2D eigenvalue weighted by Gasteiger charge is 2.18. The second kappa shape index (κ2) is 6.87. The van der Waals surface area contributed by atoms with Crippen LogP contribution in [0.5, 0.6) is 0 Å². The Morgan fingerprint density at radius 1 is 1.53 bits per heavy atom. The van der Waals surface area contributed by atoms with Crippen LogP contribution in [-0.4, -0.2) is 37.8 Å². The molecule has 0 aromatic carbocycles. The Morgan fingerprint density at radius 3 is 3.00 bits per heavy atom. The molecule has 0 radical (unpaired) electrons. The molecule has 1 aromatic heterocycles. The van der Waals surface area contributed by atoms with Crippen molar-refractivity contribution < 1.29 is 4.74 Å². The number of aryl methyl sites for hydroxylation is 1. The Balaban J connectivity index is 1.98. The van der Waals surface area contributed by atoms with Gasteiger partial charge < -0.3 is 15.0 Å². The number of aromatic nitrogens is 1. The molecule has 1 saturated heterocycles. The van der Waals surface area contributed by atoms with Gasteiger partial charge in [-0.05, 0) is 43.5 Å². The number of hydrogen-bond acceptors (Lipinski definition) is 4. The topological polar surface area (TPSA) is 37.4 Å². The summed E-state index contributed by atoms with van der Waals surface area (Å²) in [5.41, 5.74) is 2.48. The monoisotopic (exact) mass is 263 g/mol. The van der Waals surface area contributed by atoms with Crippen LogP contribution in [0.25, 0.3) is 0 Å². The second-order valence-electron chi connectivity index (χ2n) is 5.28. The summed E-state index contributed by atoms with van der Waals surface area (Å²) in [6.45, 7) is 7.96. The SMILES string of the molecule is CCNCc1cnc(N(C)CC2CCCO2)c(C)c1. The van der Waals surface area contributed by atoms with Crippen LogP contribution in [-0.2, 0) is 11.3 Å². The molecular weight excluding hydrogens is 238 g/mol. The maximum Gasteiger partial charge on any atom is 0.131 e. The lowest BCUT2D eigenvalue weighted by Gasteiger charge is -2.23. The molecule has 1 atom stereocenters. The van der Waals surface area contributed by atoms with Gasteiger partial charge >= 0.3 is 0 Å². The lowest BCUT2D eigenvalue weighted by Crippen LogP contribution is -2.29. The van der Waals surface area contributed by atoms with Crippen molar-refractivity contribution in [1.29, 1.82) is 0 Å². The third-order valence-electron chi connectivity index (χ3n) is 3.55. The van der Waals surface area contributed by atoms with Crippen LogP contribution in [0.3, 0.4) is 0 Å². The minimum Gasteiger partial charge on any atom is -0.376 e. The number of nitrogens with one attached hydrogen (secondary N) is 1. The Kier molecular flexibility index (Phi) is 5.16. The summed E-state index contributed by atoms with van der Waals surface area (Å²) < 4.78 is 5.68. The van der Waals surface area contributed by atoms with Gasteiger partial charge in [-0.25, -0.2) is 4.98 Å². The smallest absolute Gasteiger partial charge is 0.131 e. The van der Waals surface area contributed by atoms with Crippen molar-refractivity contribution in [3.8, 4) is 0 Å². The maximum absolute atomic E-state index is 5.68. The zero-order valence-corrected chi connectivity index (χ0v) is 12.3. The van der Waals surface area contributed by atoms with Crippen molar-refractivity contribution >= 4 is 5.82 Å². The minimum atomic E-state index is 0.368. The fourth-order valence-corrected chi connectivity index (χ4v) is 2.57. The van der Waals surface area contributed by atoms with Crippen LogP contribution in [0.1, 0.15) is 30.9 Å². The quantitative estimate of drug-likeness (QED) is 0.853. The summed E-state index contributed by atoms with van der Waals surface area (Å²) in [4.78, 5) is 6.81. The summed E-state index contributed by atoms with van der Waals surface area (Å²) in [6, 6.07) is 2.22. The van der Waals surface area contributed by atoms with E-state index in [-0.39, 0.29) is 0 Å². The molecule has 106 valence electrons. The van der Waals surface area contributed by atoms with E-state index in [1.165, 1.54) is 24.0 Å². The van der Waals surface area contributed by atoms with E-state index in [0.717, 1.165) is 32.1 Å². The summed E-state index contributed by atoms with van der Waals surface area (Å²) in [5.74, 6) is 1.07. The molecule has 0 amide bonds. The molecule has 1 N–H and O–H groups in total. The van der Waals surface area contributed by atoms with Gasteiger partial charge in [0.2, 0.25) is 0 Å². The molecule has 1 aliphatic heterocycles. The Morgan fingerprint density at radius 2 is 2.37 bits per heavy atom. The molecule has 1 unspecified atom stereocenters. The number of anilines is 1. The van der Waals surface area contributed by atoms with Gasteiger partial charge in [-0.2, -0.15) is 0 Å². The van der Waals surface area contributed by atoms with Crippen molar-refractivity contribution in [3.63, 3.8) is 0 Å². The van der Waals surface area contributed by atoms with Gasteiger partial charge in [0.25, 0.3) is 0 Å². The molecule has 0 aliphatic carbocycles. The number of pyridine rings is 1. The largest absolute Gasteiger partial charge is 0.376 e. The van der Waals surface area contributed by atoms with E-state index in [1.54, 1.807) is 0 Å². The summed E-state index contributed by atoms with van der Waals surface area (Å²) >= 11 is 0. The molecule has 4 nitrogen and oxygen atoms in total. The molecule has 0 spiro atoms. The molecule has 0 bridgehead atoms. The zero-order valence-electron chi connectivity index (χ0n) is 12.3. The number of nitrogens with zero attached hydrogens (tertiary/aromatic N) is 2. The zero-order chi connectivity index (χ0) is 13.7. The van der Waals surface area contributed by atoms with E-state index in [9.17, 15) is 0 Å². The molecular formula is C15H25N3O. The second-order valence-corrected chi connectivity index (χ2v) is 5.28. The molecule has 1 aliphatic rings. The van der Waals surface area contributed by atoms with E-state index >= 15 is 0 Å². The van der Waals surface area contributed by atoms with Crippen LogP contribution in [0, 0.1) is 6.92 Å². The first-order valence-corrected chi connectivity index (χ1v) is 7.19. The van der Waals surface area contributed by atoms with Gasteiger partial charge in [-0.3, -0.25) is 0 Å². The third kappa shape index (κ3) is 3.91. The predicted octanol–water partition coefficient (Wildman–Crippen LogP) is 2.11. The molecule has 2 rings (SSSR count). The number of likely N-dealkylation sites (N-methyl/N-ethyl adjacent to an activating group) is 1. The van der Waals surface area contributed by atoms with Crippen LogP contribution >= 0.6 is 0 Å². The van der Waals surface area contributed by atoms with Crippen molar-refractivity contribution in [2.75, 3.05) is 31.6 Å². The average molecular weight is 263 g/mol. The highest BCUT2D eigenvalue weighted by Crippen LogP contribution is 2.20.